The van der Waals surface area contributed by atoms with Crippen molar-refractivity contribution in [2.75, 3.05) is 4.90 Å². The first-order valence-corrected chi connectivity index (χ1v) is 17.5. The number of nitrogens with zero attached hydrogens (tertiary/aromatic N) is 2. The van der Waals surface area contributed by atoms with E-state index in [2.05, 4.69) is 4.57 Å². The molecule has 3 nitrogen and oxygen atoms in total. The van der Waals surface area contributed by atoms with E-state index in [1.807, 2.05) is 78.9 Å². The Morgan fingerprint density at radius 3 is 1.95 bits per heavy atom. The number of furan rings is 1. The average Bonchev–Trinajstić information content (AvgIpc) is 3.93. The van der Waals surface area contributed by atoms with Crippen LogP contribution in [0.15, 0.2) is 210 Å². The third-order valence-corrected chi connectivity index (χ3v) is 9.85. The zero-order chi connectivity index (χ0) is 50.2. The van der Waals surface area contributed by atoms with E-state index in [1.165, 1.54) is 0 Å². The van der Waals surface area contributed by atoms with Crippen molar-refractivity contribution in [3.8, 4) is 27.9 Å². The summed E-state index contributed by atoms with van der Waals surface area (Å²) < 4.78 is 153. The standard InChI is InChI=1S/C52H34N2O/c1-2-17-38(18-3-1)53(39-30-28-36(29-31-39)42-24-13-15-35-14-4-5-20-41(35)42)49-33-32-46-45-23-8-11-27-50(45)55-52(46)51(49)37-16-12-19-40(34-37)54-47-25-9-6-21-43(47)44-22-7-10-26-48(44)54/h1-34H/i1D,2D,3D,4D,5D,13D,14D,15D,17D,18D,20D,24D,28D,29D,30D,31D. The molecule has 11 aromatic rings. The molecule has 2 aromatic heterocycles. The van der Waals surface area contributed by atoms with Gasteiger partial charge in [-0.1, -0.05) is 139 Å². The van der Waals surface area contributed by atoms with Crippen molar-refractivity contribution in [2.45, 2.75) is 0 Å². The lowest BCUT2D eigenvalue weighted by atomic mass is 9.96. The summed E-state index contributed by atoms with van der Waals surface area (Å²) in [6.45, 7) is 0. The number of hydrogen-bond acceptors (Lipinski definition) is 2. The Bertz CT molecular complexity index is 4040. The molecule has 0 amide bonds. The zero-order valence-corrected chi connectivity index (χ0v) is 28.7. The lowest BCUT2D eigenvalue weighted by molar-refractivity contribution is 0.670. The van der Waals surface area contributed by atoms with E-state index in [1.54, 1.807) is 30.3 Å². The summed E-state index contributed by atoms with van der Waals surface area (Å²) >= 11 is 0. The molecule has 0 N–H and O–H groups in total. The van der Waals surface area contributed by atoms with Crippen LogP contribution in [-0.4, -0.2) is 4.57 Å². The van der Waals surface area contributed by atoms with Crippen LogP contribution in [0.4, 0.5) is 17.1 Å². The monoisotopic (exact) mass is 718 g/mol. The summed E-state index contributed by atoms with van der Waals surface area (Å²) in [5, 5.41) is 2.45. The van der Waals surface area contributed by atoms with E-state index in [-0.39, 0.29) is 16.8 Å². The highest BCUT2D eigenvalue weighted by molar-refractivity contribution is 6.14. The molecule has 2 heterocycles. The maximum atomic E-state index is 9.79. The number of aromatic nitrogens is 1. The molecular weight excluding hydrogens is 669 g/mol. The highest BCUT2D eigenvalue weighted by atomic mass is 16.3. The lowest BCUT2D eigenvalue weighted by Crippen LogP contribution is -2.11. The summed E-state index contributed by atoms with van der Waals surface area (Å²) in [4.78, 5) is 1.09. The minimum absolute atomic E-state index is 0.0239. The van der Waals surface area contributed by atoms with Crippen LogP contribution in [0.1, 0.15) is 21.9 Å². The molecule has 11 rings (SSSR count). The van der Waals surface area contributed by atoms with Gasteiger partial charge in [0.25, 0.3) is 0 Å². The summed E-state index contributed by atoms with van der Waals surface area (Å²) in [5.74, 6) is 0. The molecule has 0 aliphatic carbocycles. The minimum Gasteiger partial charge on any atom is -0.455 e. The normalized spacial score (nSPS) is 15.7. The fourth-order valence-electron chi connectivity index (χ4n) is 7.50. The molecule has 0 aliphatic rings. The zero-order valence-electron chi connectivity index (χ0n) is 44.7. The van der Waals surface area contributed by atoms with Crippen LogP contribution in [0.5, 0.6) is 0 Å². The Hall–Kier alpha value is -7.36. The van der Waals surface area contributed by atoms with E-state index in [9.17, 15) is 8.22 Å². The van der Waals surface area contributed by atoms with E-state index in [0.717, 1.165) is 32.1 Å². The first-order chi connectivity index (χ1) is 34.0. The van der Waals surface area contributed by atoms with Gasteiger partial charge in [-0.2, -0.15) is 0 Å². The third-order valence-electron chi connectivity index (χ3n) is 9.85. The van der Waals surface area contributed by atoms with Crippen LogP contribution in [0.2, 0.25) is 0 Å². The Kier molecular flexibility index (Phi) is 4.39. The van der Waals surface area contributed by atoms with E-state index < -0.39 is 130 Å². The van der Waals surface area contributed by atoms with Crippen LogP contribution < -0.4 is 4.90 Å². The highest BCUT2D eigenvalue weighted by Crippen LogP contribution is 2.47. The van der Waals surface area contributed by atoms with Gasteiger partial charge in [-0.05, 0) is 94.1 Å². The van der Waals surface area contributed by atoms with Crippen molar-refractivity contribution in [3.63, 3.8) is 0 Å². The molecule has 3 heteroatoms. The summed E-state index contributed by atoms with van der Waals surface area (Å²) in [6.07, 6.45) is 0. The Morgan fingerprint density at radius 2 is 1.15 bits per heavy atom. The lowest BCUT2D eigenvalue weighted by Gasteiger charge is -2.28. The molecule has 0 spiro atoms. The van der Waals surface area contributed by atoms with Crippen LogP contribution in [-0.2, 0) is 0 Å². The van der Waals surface area contributed by atoms with Crippen molar-refractivity contribution in [3.05, 3.63) is 206 Å². The van der Waals surface area contributed by atoms with Gasteiger partial charge in [0.05, 0.1) is 38.7 Å². The van der Waals surface area contributed by atoms with Gasteiger partial charge < -0.3 is 13.9 Å². The van der Waals surface area contributed by atoms with Gasteiger partial charge in [0.1, 0.15) is 11.2 Å². The number of hydrogen-bond donors (Lipinski definition) is 0. The van der Waals surface area contributed by atoms with Gasteiger partial charge in [-0.25, -0.2) is 0 Å². The van der Waals surface area contributed by atoms with Crippen molar-refractivity contribution in [1.29, 1.82) is 0 Å². The minimum atomic E-state index is -0.850. The van der Waals surface area contributed by atoms with Crippen LogP contribution in [0.3, 0.4) is 0 Å². The van der Waals surface area contributed by atoms with Crippen LogP contribution in [0.25, 0.3) is 82.5 Å². The second kappa shape index (κ2) is 12.6. The number of para-hydroxylation sites is 4. The molecule has 0 unspecified atom stereocenters. The molecule has 0 atom stereocenters. The topological polar surface area (TPSA) is 21.3 Å². The van der Waals surface area contributed by atoms with Gasteiger partial charge in [0.2, 0.25) is 0 Å². The molecule has 9 aromatic carbocycles. The molecular formula is C52H34N2O. The Labute approximate surface area is 341 Å². The molecule has 0 aliphatic heterocycles. The van der Waals surface area contributed by atoms with Gasteiger partial charge >= 0.3 is 0 Å². The third kappa shape index (κ3) is 5.05. The summed E-state index contributed by atoms with van der Waals surface area (Å²) in [7, 11) is 0. The van der Waals surface area contributed by atoms with E-state index >= 15 is 0 Å². The van der Waals surface area contributed by atoms with Gasteiger partial charge in [0, 0.05) is 44.2 Å². The smallest absolute Gasteiger partial charge is 0.145 e. The predicted molar refractivity (Wildman–Crippen MR) is 231 cm³/mol. The van der Waals surface area contributed by atoms with Gasteiger partial charge in [0.15, 0.2) is 0 Å². The first kappa shape index (κ1) is 19.1. The second-order valence-electron chi connectivity index (χ2n) is 12.9. The molecule has 55 heavy (non-hydrogen) atoms. The average molecular weight is 719 g/mol. The molecule has 0 bridgehead atoms. The second-order valence-corrected chi connectivity index (χ2v) is 12.9. The van der Waals surface area contributed by atoms with Gasteiger partial charge in [-0.3, -0.25) is 0 Å². The van der Waals surface area contributed by atoms with Crippen molar-refractivity contribution < 1.29 is 26.3 Å². The Morgan fingerprint density at radius 1 is 0.473 bits per heavy atom. The molecule has 0 saturated heterocycles. The maximum absolute atomic E-state index is 9.79. The molecule has 258 valence electrons. The van der Waals surface area contributed by atoms with Crippen molar-refractivity contribution >= 4 is 71.6 Å². The van der Waals surface area contributed by atoms with Gasteiger partial charge in [-0.15, -0.1) is 0 Å². The summed E-state index contributed by atoms with van der Waals surface area (Å²) in [5.41, 5.74) is 1.82. The first-order valence-electron chi connectivity index (χ1n) is 25.5. The number of benzene rings is 9. The summed E-state index contributed by atoms with van der Waals surface area (Å²) in [6, 6.07) is 21.7. The quantitative estimate of drug-likeness (QED) is 0.171. The number of rotatable bonds is 6. The maximum Gasteiger partial charge on any atom is 0.145 e. The van der Waals surface area contributed by atoms with Crippen LogP contribution in [0, 0.1) is 0 Å². The van der Waals surface area contributed by atoms with Crippen molar-refractivity contribution in [2.24, 2.45) is 0 Å². The van der Waals surface area contributed by atoms with E-state index in [4.69, 9.17) is 18.1 Å². The highest BCUT2D eigenvalue weighted by Gasteiger charge is 2.23. The number of fused-ring (bicyclic) bond motifs is 7. The Balaban J connectivity index is 1.27. The SMILES string of the molecule is [2H]c1c([2H])c([2H])c(N(c2ccc3c(oc4ccccc43)c2-c2cccc(-n3c4ccccc4c4ccccc43)c2)c2c([2H])c([2H])c(-c3c([2H])c([2H])c([2H])c4c([2H])c([2H])c([2H])c([2H])c34)c([2H])c2[2H])c([2H])c1[2H]. The largest absolute Gasteiger partial charge is 0.455 e. The predicted octanol–water partition coefficient (Wildman–Crippen LogP) is 14.6. The fourth-order valence-corrected chi connectivity index (χ4v) is 7.50. The molecule has 0 saturated carbocycles. The molecule has 0 radical (unpaired) electrons. The van der Waals surface area contributed by atoms with Crippen LogP contribution >= 0.6 is 0 Å². The molecule has 0 fully saturated rings. The van der Waals surface area contributed by atoms with Crippen molar-refractivity contribution in [1.82, 2.24) is 4.57 Å². The number of anilines is 3. The fraction of sp³-hybridized carbons (Fsp3) is 0. The van der Waals surface area contributed by atoms with E-state index in [0.29, 0.717) is 22.2 Å².